The molecular weight excluding hydrogens is 720 g/mol. The monoisotopic (exact) mass is 766 g/mol. The Bertz CT molecular complexity index is 2030. The van der Waals surface area contributed by atoms with Gasteiger partial charge in [0.2, 0.25) is 23.0 Å². The molecule has 17 heteroatoms. The molecule has 6 heterocycles. The molecular formula is C38H47ClN14O2. The average molecular weight is 767 g/mol. The van der Waals surface area contributed by atoms with Crippen LogP contribution in [0.2, 0.25) is 5.28 Å². The van der Waals surface area contributed by atoms with E-state index in [-0.39, 0.29) is 35.6 Å². The van der Waals surface area contributed by atoms with Gasteiger partial charge in [0.15, 0.2) is 11.6 Å². The Morgan fingerprint density at radius 1 is 0.782 bits per heavy atom. The minimum absolute atomic E-state index is 0.104. The van der Waals surface area contributed by atoms with E-state index < -0.39 is 0 Å². The molecule has 1 N–H and O–H groups in total. The second-order valence-corrected chi connectivity index (χ2v) is 14.4. The second kappa shape index (κ2) is 17.7. The number of halogens is 1. The van der Waals surface area contributed by atoms with Crippen molar-refractivity contribution in [2.75, 3.05) is 33.7 Å². The quantitative estimate of drug-likeness (QED) is 0.238. The lowest BCUT2D eigenvalue weighted by Gasteiger charge is -2.43. The number of anilines is 4. The molecule has 0 radical (unpaired) electrons. The van der Waals surface area contributed by atoms with Crippen LogP contribution in [0.4, 0.5) is 23.0 Å². The van der Waals surface area contributed by atoms with Crippen LogP contribution < -0.4 is 19.6 Å². The molecule has 2 atom stereocenters. The van der Waals surface area contributed by atoms with Crippen LogP contribution in [-0.4, -0.2) is 89.5 Å². The van der Waals surface area contributed by atoms with Crippen LogP contribution in [0, 0.1) is 22.7 Å². The number of nitrogens with zero attached hydrogens (tertiary/aromatic N) is 13. The number of imidazole rings is 2. The van der Waals surface area contributed by atoms with E-state index in [0.717, 1.165) is 67.2 Å². The summed E-state index contributed by atoms with van der Waals surface area (Å²) in [5, 5.41) is 17.2. The molecule has 288 valence electrons. The zero-order valence-corrected chi connectivity index (χ0v) is 32.5. The number of aromatic amines is 1. The zero-order valence-electron chi connectivity index (χ0n) is 31.8. The number of nitrogens with one attached hydrogen (secondary N) is 1. The van der Waals surface area contributed by atoms with Gasteiger partial charge in [-0.1, -0.05) is 39.5 Å². The molecule has 4 aliphatic rings. The van der Waals surface area contributed by atoms with Gasteiger partial charge in [-0.2, -0.15) is 20.5 Å². The van der Waals surface area contributed by atoms with Gasteiger partial charge in [-0.25, -0.2) is 19.9 Å². The van der Waals surface area contributed by atoms with Crippen molar-refractivity contribution in [3.63, 3.8) is 0 Å². The molecule has 2 saturated carbocycles. The van der Waals surface area contributed by atoms with Crippen molar-refractivity contribution in [1.82, 2.24) is 39.5 Å². The lowest BCUT2D eigenvalue weighted by atomic mass is 10.0. The van der Waals surface area contributed by atoms with Gasteiger partial charge < -0.3 is 24.6 Å². The summed E-state index contributed by atoms with van der Waals surface area (Å²) in [7, 11) is 3.58. The summed E-state index contributed by atoms with van der Waals surface area (Å²) in [6.45, 7) is 4.10. The molecule has 4 aromatic heterocycles. The molecule has 2 aliphatic carbocycles. The maximum atomic E-state index is 12.9. The van der Waals surface area contributed by atoms with Gasteiger partial charge >= 0.3 is 0 Å². The van der Waals surface area contributed by atoms with E-state index in [2.05, 4.69) is 52.7 Å². The maximum Gasteiger partial charge on any atom is 0.249 e. The number of hydrogen-bond donors (Lipinski definition) is 1. The third-order valence-corrected chi connectivity index (χ3v) is 10.9. The van der Waals surface area contributed by atoms with Crippen molar-refractivity contribution in [3.05, 3.63) is 54.1 Å². The normalized spacial score (nSPS) is 19.5. The Labute approximate surface area is 326 Å². The number of likely N-dealkylation sites (N-methyl/N-ethyl adjacent to an activating group) is 2. The van der Waals surface area contributed by atoms with Crippen molar-refractivity contribution < 1.29 is 9.59 Å². The summed E-state index contributed by atoms with van der Waals surface area (Å²) in [4.78, 5) is 61.7. The fourth-order valence-electron chi connectivity index (χ4n) is 7.97. The average Bonchev–Trinajstić information content (AvgIpc) is 4.04. The standard InChI is InChI=1S/C19H23N7O.C14H19ClN4O.C5H5N3/c1-3-15-18(27)24(2)16-10-21-19(25-11-13(8-9-20)22-12-25)23-17(16)26(15)14-6-4-5-7-14;1-3-10-13(20)18(2)11-8-16-14(15)17-12(11)19(10)9-6-4-5-7-9;6-2-1-5-3-7-4-8-5/h10-12,14-15H,3-8H2,1-2H3;8-10H,3-7H2,1-2H3;3-4H,1H2,(H,7,8)/t15-;10-;/m11./s1. The molecule has 2 fully saturated rings. The first-order chi connectivity index (χ1) is 26.7. The third-order valence-electron chi connectivity index (χ3n) is 10.7. The minimum Gasteiger partial charge on any atom is -0.348 e. The number of amides is 2. The first kappa shape index (κ1) is 39.1. The van der Waals surface area contributed by atoms with Crippen LogP contribution >= 0.6 is 11.6 Å². The smallest absolute Gasteiger partial charge is 0.249 e. The van der Waals surface area contributed by atoms with E-state index in [1.165, 1.54) is 25.7 Å². The topological polar surface area (TPSA) is 193 Å². The van der Waals surface area contributed by atoms with Gasteiger partial charge in [-0.3, -0.25) is 14.2 Å². The fraction of sp³-hybridized carbons (Fsp3) is 0.526. The number of aromatic nitrogens is 8. The number of H-pyrrole nitrogens is 1. The second-order valence-electron chi connectivity index (χ2n) is 14.1. The van der Waals surface area contributed by atoms with E-state index in [9.17, 15) is 9.59 Å². The van der Waals surface area contributed by atoms with E-state index in [0.29, 0.717) is 30.1 Å². The SMILES string of the molecule is CC[C@@H]1C(=O)N(C)c2cnc(-n3cnc(CC#N)c3)nc2N1C1CCCC1.CC[C@@H]1C(=O)N(C)c2cnc(Cl)nc2N1C1CCCC1.N#CCc1cnc[nH]1. The summed E-state index contributed by atoms with van der Waals surface area (Å²) >= 11 is 5.97. The van der Waals surface area contributed by atoms with Crippen LogP contribution in [0.25, 0.3) is 5.95 Å². The van der Waals surface area contributed by atoms with E-state index in [1.807, 2.05) is 13.0 Å². The summed E-state index contributed by atoms with van der Waals surface area (Å²) < 4.78 is 1.73. The summed E-state index contributed by atoms with van der Waals surface area (Å²) in [6.07, 6.45) is 21.4. The molecule has 16 nitrogen and oxygen atoms in total. The number of carbonyl (C=O) groups excluding carboxylic acids is 2. The predicted molar refractivity (Wildman–Crippen MR) is 208 cm³/mol. The van der Waals surface area contributed by atoms with Crippen molar-refractivity contribution in [2.45, 2.75) is 115 Å². The van der Waals surface area contributed by atoms with Crippen LogP contribution in [0.1, 0.15) is 89.4 Å². The van der Waals surface area contributed by atoms with Gasteiger partial charge in [-0.05, 0) is 50.1 Å². The van der Waals surface area contributed by atoms with Crippen LogP contribution in [0.5, 0.6) is 0 Å². The van der Waals surface area contributed by atoms with Crippen LogP contribution in [0.3, 0.4) is 0 Å². The summed E-state index contributed by atoms with van der Waals surface area (Å²) in [6, 6.07) is 4.50. The predicted octanol–water partition coefficient (Wildman–Crippen LogP) is 5.34. The Morgan fingerprint density at radius 2 is 1.33 bits per heavy atom. The molecule has 2 amide bonds. The largest absolute Gasteiger partial charge is 0.348 e. The Kier molecular flexibility index (Phi) is 12.6. The lowest BCUT2D eigenvalue weighted by Crippen LogP contribution is -2.55. The Hall–Kier alpha value is -5.61. The Morgan fingerprint density at radius 3 is 1.84 bits per heavy atom. The van der Waals surface area contributed by atoms with Gasteiger partial charge in [-0.15, -0.1) is 0 Å². The van der Waals surface area contributed by atoms with Crippen LogP contribution in [0.15, 0.2) is 37.4 Å². The fourth-order valence-corrected chi connectivity index (χ4v) is 8.10. The number of nitriles is 2. The highest BCUT2D eigenvalue weighted by Crippen LogP contribution is 2.41. The van der Waals surface area contributed by atoms with Gasteiger partial charge in [0.25, 0.3) is 0 Å². The highest BCUT2D eigenvalue weighted by Gasteiger charge is 2.42. The Balaban J connectivity index is 0.000000160. The first-order valence-corrected chi connectivity index (χ1v) is 19.3. The van der Waals surface area contributed by atoms with E-state index in [4.69, 9.17) is 27.1 Å². The zero-order chi connectivity index (χ0) is 39.1. The number of rotatable bonds is 7. The number of hydrogen-bond acceptors (Lipinski definition) is 12. The molecule has 8 rings (SSSR count). The summed E-state index contributed by atoms with van der Waals surface area (Å²) in [5.41, 5.74) is 3.06. The molecule has 0 bridgehead atoms. The molecule has 4 aromatic rings. The van der Waals surface area contributed by atoms with E-state index in [1.54, 1.807) is 65.9 Å². The highest BCUT2D eigenvalue weighted by atomic mass is 35.5. The van der Waals surface area contributed by atoms with Crippen molar-refractivity contribution in [2.24, 2.45) is 0 Å². The molecule has 0 unspecified atom stereocenters. The maximum absolute atomic E-state index is 12.9. The first-order valence-electron chi connectivity index (χ1n) is 19.0. The van der Waals surface area contributed by atoms with Gasteiger partial charge in [0.05, 0.1) is 49.4 Å². The van der Waals surface area contributed by atoms with Crippen molar-refractivity contribution in [1.29, 1.82) is 10.5 Å². The van der Waals surface area contributed by atoms with Crippen LogP contribution in [-0.2, 0) is 22.4 Å². The third kappa shape index (κ3) is 8.24. The van der Waals surface area contributed by atoms with Gasteiger partial charge in [0, 0.05) is 44.3 Å². The molecule has 0 aromatic carbocycles. The molecule has 2 aliphatic heterocycles. The van der Waals surface area contributed by atoms with Crippen molar-refractivity contribution >= 4 is 46.4 Å². The van der Waals surface area contributed by atoms with Crippen molar-refractivity contribution in [3.8, 4) is 18.1 Å². The summed E-state index contributed by atoms with van der Waals surface area (Å²) in [5.74, 6) is 2.36. The van der Waals surface area contributed by atoms with E-state index >= 15 is 0 Å². The molecule has 0 spiro atoms. The lowest BCUT2D eigenvalue weighted by molar-refractivity contribution is -0.120. The van der Waals surface area contributed by atoms with Gasteiger partial charge in [0.1, 0.15) is 29.8 Å². The molecule has 55 heavy (non-hydrogen) atoms. The minimum atomic E-state index is -0.190. The molecule has 0 saturated heterocycles. The highest BCUT2D eigenvalue weighted by molar-refractivity contribution is 6.28. The number of carbonyl (C=O) groups is 2. The number of fused-ring (bicyclic) bond motifs is 2.